The normalized spacial score (nSPS) is 44.4. The Hall–Kier alpha value is -0.610. The third-order valence-corrected chi connectivity index (χ3v) is 5.07. The summed E-state index contributed by atoms with van der Waals surface area (Å²) in [6.45, 7) is 7.71. The number of carboxylic acids is 1. The van der Waals surface area contributed by atoms with Gasteiger partial charge in [0.15, 0.2) is 0 Å². The molecule has 2 fully saturated rings. The van der Waals surface area contributed by atoms with Crippen LogP contribution in [0, 0.1) is 11.8 Å². The van der Waals surface area contributed by atoms with Crippen molar-refractivity contribution in [3.63, 3.8) is 0 Å². The average Bonchev–Trinajstić information content (AvgIpc) is 2.23. The van der Waals surface area contributed by atoms with Crippen LogP contribution in [-0.2, 0) is 4.79 Å². The van der Waals surface area contributed by atoms with Crippen LogP contribution in [0.5, 0.6) is 0 Å². The summed E-state index contributed by atoms with van der Waals surface area (Å²) in [6.07, 6.45) is 3.76. The number of piperidine rings is 1. The highest BCUT2D eigenvalue weighted by Crippen LogP contribution is 2.39. The molecule has 4 heteroatoms. The van der Waals surface area contributed by atoms with Gasteiger partial charge in [0.2, 0.25) is 0 Å². The first kappa shape index (κ1) is 13.8. The van der Waals surface area contributed by atoms with Crippen LogP contribution in [0.3, 0.4) is 0 Å². The smallest absolute Gasteiger partial charge is 0.303 e. The summed E-state index contributed by atoms with van der Waals surface area (Å²) in [7, 11) is 0. The third-order valence-electron chi connectivity index (χ3n) is 5.07. The summed E-state index contributed by atoms with van der Waals surface area (Å²) in [5.41, 5.74) is 6.19. The monoisotopic (exact) mass is 255 g/mol. The van der Waals surface area contributed by atoms with Gasteiger partial charge >= 0.3 is 5.97 Å². The SMILES string of the molecule is CC[N+]1(C2CC(C)C2)CC(N)CC(CC(=O)O)C1. The molecule has 1 heterocycles. The van der Waals surface area contributed by atoms with Crippen LogP contribution < -0.4 is 5.73 Å². The maximum Gasteiger partial charge on any atom is 0.303 e. The van der Waals surface area contributed by atoms with Crippen molar-refractivity contribution in [3.05, 3.63) is 0 Å². The van der Waals surface area contributed by atoms with E-state index in [-0.39, 0.29) is 18.4 Å². The van der Waals surface area contributed by atoms with Gasteiger partial charge in [0, 0.05) is 18.8 Å². The molecule has 2 rings (SSSR count). The first-order chi connectivity index (χ1) is 8.45. The molecular weight excluding hydrogens is 228 g/mol. The lowest BCUT2D eigenvalue weighted by atomic mass is 9.76. The molecular formula is C14H27N2O2+. The zero-order chi connectivity index (χ0) is 13.3. The van der Waals surface area contributed by atoms with Crippen molar-refractivity contribution in [2.45, 2.75) is 51.6 Å². The molecule has 0 aromatic rings. The summed E-state index contributed by atoms with van der Waals surface area (Å²) in [4.78, 5) is 10.9. The molecule has 18 heavy (non-hydrogen) atoms. The Bertz CT molecular complexity index is 315. The average molecular weight is 255 g/mol. The molecule has 3 atom stereocenters. The van der Waals surface area contributed by atoms with Crippen molar-refractivity contribution in [1.82, 2.24) is 0 Å². The summed E-state index contributed by atoms with van der Waals surface area (Å²) in [6, 6.07) is 0.909. The Morgan fingerprint density at radius 1 is 1.33 bits per heavy atom. The number of rotatable bonds is 4. The van der Waals surface area contributed by atoms with E-state index < -0.39 is 5.97 Å². The van der Waals surface area contributed by atoms with Crippen molar-refractivity contribution < 1.29 is 14.4 Å². The van der Waals surface area contributed by atoms with Crippen LogP contribution in [0.25, 0.3) is 0 Å². The number of quaternary nitrogens is 1. The number of likely N-dealkylation sites (tertiary alicyclic amines) is 1. The van der Waals surface area contributed by atoms with Gasteiger partial charge in [0.1, 0.15) is 0 Å². The molecule has 1 aliphatic heterocycles. The molecule has 0 spiro atoms. The lowest BCUT2D eigenvalue weighted by Gasteiger charge is -2.55. The summed E-state index contributed by atoms with van der Waals surface area (Å²) >= 11 is 0. The molecule has 2 aliphatic rings. The fourth-order valence-electron chi connectivity index (χ4n) is 4.15. The zero-order valence-corrected chi connectivity index (χ0v) is 11.6. The van der Waals surface area contributed by atoms with Crippen LogP contribution in [-0.4, -0.2) is 47.3 Å². The molecule has 3 unspecified atom stereocenters. The Morgan fingerprint density at radius 2 is 2.00 bits per heavy atom. The second-order valence-corrected chi connectivity index (χ2v) is 6.59. The predicted octanol–water partition coefficient (Wildman–Crippen LogP) is 1.44. The van der Waals surface area contributed by atoms with Crippen molar-refractivity contribution >= 4 is 5.97 Å². The van der Waals surface area contributed by atoms with Gasteiger partial charge in [0.25, 0.3) is 0 Å². The second kappa shape index (κ2) is 5.17. The third kappa shape index (κ3) is 2.69. The minimum atomic E-state index is -0.676. The fourth-order valence-corrected chi connectivity index (χ4v) is 4.15. The molecule has 1 saturated heterocycles. The summed E-state index contributed by atoms with van der Waals surface area (Å²) in [5, 5.41) is 9.00. The van der Waals surface area contributed by atoms with E-state index in [0.717, 1.165) is 42.5 Å². The minimum Gasteiger partial charge on any atom is -0.481 e. The van der Waals surface area contributed by atoms with Crippen molar-refractivity contribution in [1.29, 1.82) is 0 Å². The number of nitrogens with two attached hydrogens (primary N) is 1. The lowest BCUT2D eigenvalue weighted by Crippen LogP contribution is -2.67. The van der Waals surface area contributed by atoms with Gasteiger partial charge in [0.05, 0.1) is 38.1 Å². The van der Waals surface area contributed by atoms with Gasteiger partial charge in [-0.05, 0) is 19.3 Å². The first-order valence-corrected chi connectivity index (χ1v) is 7.28. The van der Waals surface area contributed by atoms with Gasteiger partial charge in [-0.2, -0.15) is 0 Å². The first-order valence-electron chi connectivity index (χ1n) is 7.28. The van der Waals surface area contributed by atoms with Gasteiger partial charge < -0.3 is 15.3 Å². The molecule has 104 valence electrons. The highest BCUT2D eigenvalue weighted by atomic mass is 16.4. The van der Waals surface area contributed by atoms with Crippen LogP contribution in [0.2, 0.25) is 0 Å². The van der Waals surface area contributed by atoms with E-state index in [1.165, 1.54) is 12.8 Å². The summed E-state index contributed by atoms with van der Waals surface area (Å²) < 4.78 is 1.07. The second-order valence-electron chi connectivity index (χ2n) is 6.59. The molecule has 4 nitrogen and oxygen atoms in total. The number of carbonyl (C=O) groups is 1. The molecule has 0 radical (unpaired) electrons. The Kier molecular flexibility index (Phi) is 3.97. The molecule has 3 N–H and O–H groups in total. The van der Waals surface area contributed by atoms with E-state index in [2.05, 4.69) is 13.8 Å². The van der Waals surface area contributed by atoms with Gasteiger partial charge in [-0.25, -0.2) is 0 Å². The summed E-state index contributed by atoms with van der Waals surface area (Å²) in [5.74, 6) is 0.431. The Balaban J connectivity index is 2.06. The fraction of sp³-hybridized carbons (Fsp3) is 0.929. The quantitative estimate of drug-likeness (QED) is 0.747. The van der Waals surface area contributed by atoms with E-state index >= 15 is 0 Å². The topological polar surface area (TPSA) is 63.3 Å². The van der Waals surface area contributed by atoms with Crippen molar-refractivity contribution in [3.8, 4) is 0 Å². The van der Waals surface area contributed by atoms with Crippen LogP contribution in [0.1, 0.15) is 39.5 Å². The van der Waals surface area contributed by atoms with E-state index in [4.69, 9.17) is 10.8 Å². The maximum absolute atomic E-state index is 10.9. The molecule has 0 aromatic carbocycles. The minimum absolute atomic E-state index is 0.180. The van der Waals surface area contributed by atoms with E-state index in [9.17, 15) is 4.79 Å². The largest absolute Gasteiger partial charge is 0.481 e. The van der Waals surface area contributed by atoms with Crippen LogP contribution >= 0.6 is 0 Å². The molecule has 0 aromatic heterocycles. The number of likely N-dealkylation sites (N-methyl/N-ethyl adjacent to an activating group) is 1. The molecule has 0 bridgehead atoms. The van der Waals surface area contributed by atoms with E-state index in [1.54, 1.807) is 0 Å². The van der Waals surface area contributed by atoms with Crippen LogP contribution in [0.4, 0.5) is 0 Å². The van der Waals surface area contributed by atoms with Crippen LogP contribution in [0.15, 0.2) is 0 Å². The van der Waals surface area contributed by atoms with Crippen molar-refractivity contribution in [2.24, 2.45) is 17.6 Å². The Morgan fingerprint density at radius 3 is 2.50 bits per heavy atom. The van der Waals surface area contributed by atoms with E-state index in [1.807, 2.05) is 0 Å². The van der Waals surface area contributed by atoms with Crippen molar-refractivity contribution in [2.75, 3.05) is 19.6 Å². The number of hydrogen-bond donors (Lipinski definition) is 2. The highest BCUT2D eigenvalue weighted by molar-refractivity contribution is 5.67. The molecule has 0 amide bonds. The Labute approximate surface area is 110 Å². The number of aliphatic carboxylic acids is 1. The number of nitrogens with zero attached hydrogens (tertiary/aromatic N) is 1. The molecule has 1 saturated carbocycles. The van der Waals surface area contributed by atoms with Gasteiger partial charge in [-0.3, -0.25) is 4.79 Å². The standard InChI is InChI=1S/C14H26N2O2/c1-3-16(13-4-10(2)5-13)8-11(7-14(17)18)6-12(15)9-16/h10-13H,3-9,15H2,1-2H3/p+1. The lowest BCUT2D eigenvalue weighted by molar-refractivity contribution is -0.964. The number of carboxylic acid groups (broad SMARTS) is 1. The zero-order valence-electron chi connectivity index (χ0n) is 11.6. The van der Waals surface area contributed by atoms with Gasteiger partial charge in [-0.15, -0.1) is 0 Å². The van der Waals surface area contributed by atoms with Gasteiger partial charge in [-0.1, -0.05) is 6.92 Å². The predicted molar refractivity (Wildman–Crippen MR) is 71.1 cm³/mol. The van der Waals surface area contributed by atoms with E-state index in [0.29, 0.717) is 0 Å². The number of hydrogen-bond acceptors (Lipinski definition) is 2. The highest BCUT2D eigenvalue weighted by Gasteiger charge is 2.47. The molecule has 1 aliphatic carbocycles. The maximum atomic E-state index is 10.9.